The number of benzene rings is 2. The maximum absolute atomic E-state index is 14.8. The van der Waals surface area contributed by atoms with Gasteiger partial charge < -0.3 is 30.5 Å². The van der Waals surface area contributed by atoms with Crippen LogP contribution < -0.4 is 20.9 Å². The van der Waals surface area contributed by atoms with Gasteiger partial charge in [0, 0.05) is 49.7 Å². The third kappa shape index (κ3) is 6.91. The Kier molecular flexibility index (Phi) is 10.3. The number of likely N-dealkylation sites (N-methyl/N-ethyl adjacent to an activating group) is 1. The number of hydrogen-bond acceptors (Lipinski definition) is 6. The molecule has 12 heteroatoms. The molecule has 260 valence electrons. The Morgan fingerprint density at radius 3 is 2.50 bits per heavy atom. The molecule has 0 spiro atoms. The van der Waals surface area contributed by atoms with Gasteiger partial charge in [0.05, 0.1) is 24.2 Å². The van der Waals surface area contributed by atoms with Crippen LogP contribution >= 0.6 is 11.6 Å². The van der Waals surface area contributed by atoms with Gasteiger partial charge in [-0.25, -0.2) is 8.78 Å². The fourth-order valence-corrected chi connectivity index (χ4v) is 8.35. The van der Waals surface area contributed by atoms with Crippen molar-refractivity contribution in [1.82, 2.24) is 20.9 Å². The number of hydrogen-bond donors (Lipinski definition) is 3. The van der Waals surface area contributed by atoms with Gasteiger partial charge in [-0.3, -0.25) is 14.4 Å². The average Bonchev–Trinajstić information content (AvgIpc) is 3.60. The SMILES string of the molecule is CCO[C@H]1Cc2ccccc2[C@@H]1NC(=O)[C@@H]1CN2c3ccc(Cl)cc3C[C@H]2CN1C(=O)[C@@H](NC(=O)[C@H](CC)NC)C1CCC(F)(F)CC1. The van der Waals surface area contributed by atoms with E-state index in [9.17, 15) is 23.2 Å². The van der Waals surface area contributed by atoms with E-state index in [4.69, 9.17) is 16.3 Å². The number of ether oxygens (including phenoxy) is 1. The topological polar surface area (TPSA) is 103 Å². The summed E-state index contributed by atoms with van der Waals surface area (Å²) in [6, 6.07) is 10.7. The molecular formula is C36H46ClF2N5O4. The van der Waals surface area contributed by atoms with Crippen molar-refractivity contribution in [2.24, 2.45) is 5.92 Å². The first-order chi connectivity index (χ1) is 23.0. The van der Waals surface area contributed by atoms with Crippen molar-refractivity contribution in [3.05, 3.63) is 64.2 Å². The zero-order valence-electron chi connectivity index (χ0n) is 27.8. The van der Waals surface area contributed by atoms with Crippen LogP contribution in [0.1, 0.15) is 68.7 Å². The quantitative estimate of drug-likeness (QED) is 0.343. The van der Waals surface area contributed by atoms with E-state index >= 15 is 0 Å². The van der Waals surface area contributed by atoms with E-state index in [0.29, 0.717) is 30.9 Å². The lowest BCUT2D eigenvalue weighted by Gasteiger charge is -2.46. The molecular weight excluding hydrogens is 640 g/mol. The van der Waals surface area contributed by atoms with E-state index in [1.165, 1.54) is 0 Å². The third-order valence-corrected chi connectivity index (χ3v) is 11.0. The first kappa shape index (κ1) is 34.6. The summed E-state index contributed by atoms with van der Waals surface area (Å²) in [5.41, 5.74) is 4.12. The molecule has 2 aliphatic carbocycles. The Morgan fingerprint density at radius 1 is 1.04 bits per heavy atom. The second-order valence-corrected chi connectivity index (χ2v) is 14.0. The Balaban J connectivity index is 1.33. The average molecular weight is 686 g/mol. The molecule has 2 heterocycles. The molecule has 1 saturated carbocycles. The standard InChI is InChI=1S/C36H46ClF2N5O4/c1-4-27(40-3)33(45)41-31(21-12-14-36(38,39)15-13-21)35(47)44-19-25-17-23-16-24(37)10-11-28(23)43(25)20-29(44)34(46)42-32-26-9-7-6-8-22(26)18-30(32)48-5-2/h6-11,16,21,25,27,29-32,40H,4-5,12-15,17-20H2,1-3H3,(H,41,45)(H,42,46)/t25-,27-,29-,30-,31-,32-/m0/s1. The van der Waals surface area contributed by atoms with Crippen LogP contribution in [-0.4, -0.2) is 85.6 Å². The maximum Gasteiger partial charge on any atom is 0.248 e. The summed E-state index contributed by atoms with van der Waals surface area (Å²) >= 11 is 6.34. The molecule has 1 saturated heterocycles. The van der Waals surface area contributed by atoms with Crippen molar-refractivity contribution in [3.8, 4) is 0 Å². The molecule has 4 aliphatic rings. The number of fused-ring (bicyclic) bond motifs is 4. The first-order valence-corrected chi connectivity index (χ1v) is 17.6. The molecule has 3 N–H and O–H groups in total. The van der Waals surface area contributed by atoms with Crippen LogP contribution in [0.2, 0.25) is 5.02 Å². The number of nitrogens with one attached hydrogen (secondary N) is 3. The molecule has 0 aromatic heterocycles. The van der Waals surface area contributed by atoms with Crippen LogP contribution in [0.5, 0.6) is 0 Å². The summed E-state index contributed by atoms with van der Waals surface area (Å²) in [4.78, 5) is 46.4. The van der Waals surface area contributed by atoms with Gasteiger partial charge in [-0.15, -0.1) is 0 Å². The number of alkyl halides is 2. The van der Waals surface area contributed by atoms with E-state index in [1.54, 1.807) is 11.9 Å². The summed E-state index contributed by atoms with van der Waals surface area (Å²) in [5.74, 6) is -4.38. The number of piperazine rings is 1. The number of amides is 3. The normalized spacial score (nSPS) is 25.9. The van der Waals surface area contributed by atoms with Crippen molar-refractivity contribution >= 4 is 35.0 Å². The van der Waals surface area contributed by atoms with Crippen LogP contribution in [-0.2, 0) is 32.0 Å². The number of rotatable bonds is 10. The van der Waals surface area contributed by atoms with Crippen LogP contribution in [0.4, 0.5) is 14.5 Å². The second kappa shape index (κ2) is 14.3. The molecule has 3 amide bonds. The number of carbonyl (C=O) groups is 3. The molecule has 2 fully saturated rings. The predicted octanol–water partition coefficient (Wildman–Crippen LogP) is 4.41. The molecule has 2 aromatic carbocycles. The molecule has 0 bridgehead atoms. The smallest absolute Gasteiger partial charge is 0.248 e. The highest BCUT2D eigenvalue weighted by Crippen LogP contribution is 2.41. The highest BCUT2D eigenvalue weighted by atomic mass is 35.5. The van der Waals surface area contributed by atoms with Crippen LogP contribution in [0.25, 0.3) is 0 Å². The Bertz CT molecular complexity index is 1510. The fraction of sp³-hybridized carbons (Fsp3) is 0.583. The van der Waals surface area contributed by atoms with Gasteiger partial charge in [0.2, 0.25) is 23.6 Å². The van der Waals surface area contributed by atoms with E-state index < -0.39 is 41.9 Å². The summed E-state index contributed by atoms with van der Waals surface area (Å²) in [5, 5.41) is 9.78. The second-order valence-electron chi connectivity index (χ2n) is 13.6. The van der Waals surface area contributed by atoms with Gasteiger partial charge in [-0.1, -0.05) is 42.8 Å². The third-order valence-electron chi connectivity index (χ3n) is 10.7. The van der Waals surface area contributed by atoms with E-state index in [-0.39, 0.29) is 62.7 Å². The van der Waals surface area contributed by atoms with Crippen molar-refractivity contribution in [1.29, 1.82) is 0 Å². The fourth-order valence-electron chi connectivity index (χ4n) is 8.15. The highest BCUT2D eigenvalue weighted by Gasteiger charge is 2.49. The molecule has 9 nitrogen and oxygen atoms in total. The zero-order valence-corrected chi connectivity index (χ0v) is 28.6. The van der Waals surface area contributed by atoms with Gasteiger partial charge >= 0.3 is 0 Å². The molecule has 0 unspecified atom stereocenters. The van der Waals surface area contributed by atoms with Gasteiger partial charge in [0.25, 0.3) is 0 Å². The van der Waals surface area contributed by atoms with Crippen molar-refractivity contribution in [2.75, 3.05) is 31.6 Å². The molecule has 48 heavy (non-hydrogen) atoms. The monoisotopic (exact) mass is 685 g/mol. The van der Waals surface area contributed by atoms with Crippen molar-refractivity contribution < 1.29 is 27.9 Å². The van der Waals surface area contributed by atoms with Gasteiger partial charge in [0.1, 0.15) is 12.1 Å². The van der Waals surface area contributed by atoms with Crippen molar-refractivity contribution in [3.63, 3.8) is 0 Å². The highest BCUT2D eigenvalue weighted by molar-refractivity contribution is 6.30. The van der Waals surface area contributed by atoms with E-state index in [0.717, 1.165) is 22.4 Å². The first-order valence-electron chi connectivity index (χ1n) is 17.2. The zero-order chi connectivity index (χ0) is 34.2. The summed E-state index contributed by atoms with van der Waals surface area (Å²) < 4.78 is 34.6. The Morgan fingerprint density at radius 2 is 1.79 bits per heavy atom. The lowest BCUT2D eigenvalue weighted by Crippen LogP contribution is -2.67. The Hall–Kier alpha value is -3.28. The molecule has 6 atom stereocenters. The minimum atomic E-state index is -2.80. The molecule has 2 aliphatic heterocycles. The lowest BCUT2D eigenvalue weighted by molar-refractivity contribution is -0.147. The molecule has 0 radical (unpaired) electrons. The van der Waals surface area contributed by atoms with Crippen LogP contribution in [0, 0.1) is 5.92 Å². The van der Waals surface area contributed by atoms with Gasteiger partial charge in [-0.2, -0.15) is 0 Å². The summed E-state index contributed by atoms with van der Waals surface area (Å²) in [7, 11) is 1.67. The number of anilines is 1. The van der Waals surface area contributed by atoms with Gasteiger partial charge in [0.15, 0.2) is 0 Å². The minimum absolute atomic E-state index is 0.0964. The number of carbonyl (C=O) groups excluding carboxylic acids is 3. The van der Waals surface area contributed by atoms with E-state index in [1.807, 2.05) is 56.3 Å². The van der Waals surface area contributed by atoms with Crippen LogP contribution in [0.15, 0.2) is 42.5 Å². The minimum Gasteiger partial charge on any atom is -0.376 e. The largest absolute Gasteiger partial charge is 0.376 e. The van der Waals surface area contributed by atoms with Crippen LogP contribution in [0.3, 0.4) is 0 Å². The summed E-state index contributed by atoms with van der Waals surface area (Å²) in [6.07, 6.45) is 1.03. The predicted molar refractivity (Wildman–Crippen MR) is 180 cm³/mol. The number of nitrogens with zero attached hydrogens (tertiary/aromatic N) is 2. The maximum atomic E-state index is 14.8. The summed E-state index contributed by atoms with van der Waals surface area (Å²) in [6.45, 7) is 4.74. The van der Waals surface area contributed by atoms with E-state index in [2.05, 4.69) is 20.9 Å². The molecule has 6 rings (SSSR count). The van der Waals surface area contributed by atoms with Gasteiger partial charge in [-0.05, 0) is 80.5 Å². The lowest BCUT2D eigenvalue weighted by atomic mass is 9.81. The number of halogens is 3. The molecule has 2 aromatic rings. The Labute approximate surface area is 286 Å². The van der Waals surface area contributed by atoms with Crippen molar-refractivity contribution in [2.45, 2.75) is 101 Å².